The quantitative estimate of drug-likeness (QED) is 0.782. The number of aliphatic hydroxyl groups excluding tert-OH is 1. The highest BCUT2D eigenvalue weighted by Gasteiger charge is 2.46. The van der Waals surface area contributed by atoms with E-state index in [1.54, 1.807) is 18.0 Å². The van der Waals surface area contributed by atoms with Gasteiger partial charge in [0.2, 0.25) is 0 Å². The van der Waals surface area contributed by atoms with Crippen molar-refractivity contribution in [1.29, 1.82) is 0 Å². The highest BCUT2D eigenvalue weighted by Crippen LogP contribution is 2.34. The van der Waals surface area contributed by atoms with Gasteiger partial charge < -0.3 is 25.1 Å². The number of ether oxygens (including phenoxy) is 3. The third-order valence-electron chi connectivity index (χ3n) is 4.27. The average Bonchev–Trinajstić information content (AvgIpc) is 3.12. The molecule has 3 unspecified atom stereocenters. The Morgan fingerprint density at radius 1 is 1.42 bits per heavy atom. The number of fused-ring (bicyclic) bond motifs is 1. The number of aromatic nitrogens is 4. The minimum absolute atomic E-state index is 0.00357. The van der Waals surface area contributed by atoms with Crippen molar-refractivity contribution in [2.24, 2.45) is 0 Å². The first-order valence-corrected chi connectivity index (χ1v) is 7.97. The van der Waals surface area contributed by atoms with Crippen LogP contribution < -0.4 is 5.73 Å². The molecule has 0 bridgehead atoms. The maximum absolute atomic E-state index is 10.8. The SMILES string of the molecule is CCC(C)OC1C(O)[C@H](n2cnc3c(N)ncnc32)O[C@@H]1COC. The highest BCUT2D eigenvalue weighted by molar-refractivity contribution is 5.81. The van der Waals surface area contributed by atoms with Crippen molar-refractivity contribution in [3.8, 4) is 0 Å². The third kappa shape index (κ3) is 2.95. The first kappa shape index (κ1) is 17.0. The fourth-order valence-corrected chi connectivity index (χ4v) is 2.84. The molecule has 1 fully saturated rings. The molecule has 0 aliphatic carbocycles. The molecule has 0 saturated carbocycles. The summed E-state index contributed by atoms with van der Waals surface area (Å²) in [7, 11) is 1.59. The molecule has 1 aliphatic heterocycles. The lowest BCUT2D eigenvalue weighted by molar-refractivity contribution is -0.0891. The summed E-state index contributed by atoms with van der Waals surface area (Å²) in [6, 6.07) is 0. The van der Waals surface area contributed by atoms with E-state index in [0.717, 1.165) is 6.42 Å². The maximum atomic E-state index is 10.8. The Labute approximate surface area is 139 Å². The molecule has 0 aromatic carbocycles. The van der Waals surface area contributed by atoms with Gasteiger partial charge >= 0.3 is 0 Å². The first-order valence-electron chi connectivity index (χ1n) is 7.97. The molecule has 0 radical (unpaired) electrons. The normalized spacial score (nSPS) is 28.5. The Morgan fingerprint density at radius 3 is 2.92 bits per heavy atom. The van der Waals surface area contributed by atoms with Crippen molar-refractivity contribution in [3.63, 3.8) is 0 Å². The monoisotopic (exact) mass is 337 g/mol. The lowest BCUT2D eigenvalue weighted by Crippen LogP contribution is -2.38. The standard InChI is InChI=1S/C15H23N5O4/c1-4-8(2)23-12-9(5-22-3)24-15(11(12)21)20-7-19-10-13(16)17-6-18-14(10)20/h6-9,11-12,15,21H,4-5H2,1-3H3,(H2,16,17,18)/t8?,9-,11?,12?,15-/m1/s1. The highest BCUT2D eigenvalue weighted by atomic mass is 16.6. The Morgan fingerprint density at radius 2 is 2.21 bits per heavy atom. The molecular weight excluding hydrogens is 314 g/mol. The first-order chi connectivity index (χ1) is 11.6. The fraction of sp³-hybridized carbons (Fsp3) is 0.667. The molecule has 0 amide bonds. The van der Waals surface area contributed by atoms with Gasteiger partial charge in [-0.2, -0.15) is 0 Å². The van der Waals surface area contributed by atoms with Gasteiger partial charge in [-0.3, -0.25) is 4.57 Å². The van der Waals surface area contributed by atoms with Gasteiger partial charge in [-0.1, -0.05) is 6.92 Å². The Hall–Kier alpha value is -1.81. The van der Waals surface area contributed by atoms with Crippen LogP contribution in [0.4, 0.5) is 5.82 Å². The summed E-state index contributed by atoms with van der Waals surface area (Å²) in [5, 5.41) is 10.8. The summed E-state index contributed by atoms with van der Waals surface area (Å²) in [5.74, 6) is 0.284. The van der Waals surface area contributed by atoms with E-state index >= 15 is 0 Å². The van der Waals surface area contributed by atoms with Crippen LogP contribution in [0.1, 0.15) is 26.5 Å². The number of nitrogen functional groups attached to an aromatic ring is 1. The second kappa shape index (κ2) is 6.98. The molecule has 9 heteroatoms. The van der Waals surface area contributed by atoms with E-state index in [1.165, 1.54) is 6.33 Å². The maximum Gasteiger partial charge on any atom is 0.167 e. The van der Waals surface area contributed by atoms with Crippen LogP contribution in [0, 0.1) is 0 Å². The molecule has 9 nitrogen and oxygen atoms in total. The Balaban J connectivity index is 1.91. The molecule has 3 N–H and O–H groups in total. The zero-order chi connectivity index (χ0) is 17.3. The van der Waals surface area contributed by atoms with Crippen molar-refractivity contribution in [3.05, 3.63) is 12.7 Å². The molecule has 1 saturated heterocycles. The summed E-state index contributed by atoms with van der Waals surface area (Å²) >= 11 is 0. The molecule has 0 spiro atoms. The average molecular weight is 337 g/mol. The van der Waals surface area contributed by atoms with Gasteiger partial charge in [-0.15, -0.1) is 0 Å². The van der Waals surface area contributed by atoms with E-state index in [-0.39, 0.29) is 18.0 Å². The smallest absolute Gasteiger partial charge is 0.167 e. The molecular formula is C15H23N5O4. The van der Waals surface area contributed by atoms with Crippen LogP contribution in [-0.2, 0) is 14.2 Å². The summed E-state index contributed by atoms with van der Waals surface area (Å²) in [6.07, 6.45) is 1.29. The molecule has 5 atom stereocenters. The summed E-state index contributed by atoms with van der Waals surface area (Å²) in [5.41, 5.74) is 6.80. The van der Waals surface area contributed by atoms with Crippen molar-refractivity contribution in [2.45, 2.75) is 50.9 Å². The van der Waals surface area contributed by atoms with Crippen LogP contribution in [0.2, 0.25) is 0 Å². The van der Waals surface area contributed by atoms with Gasteiger partial charge in [-0.25, -0.2) is 15.0 Å². The van der Waals surface area contributed by atoms with Crippen LogP contribution in [-0.4, -0.2) is 62.8 Å². The van der Waals surface area contributed by atoms with Crippen LogP contribution in [0.15, 0.2) is 12.7 Å². The molecule has 2 aromatic rings. The largest absolute Gasteiger partial charge is 0.386 e. The Bertz CT molecular complexity index is 694. The predicted molar refractivity (Wildman–Crippen MR) is 86.2 cm³/mol. The predicted octanol–water partition coefficient (Wildman–Crippen LogP) is 0.497. The topological polar surface area (TPSA) is 118 Å². The zero-order valence-corrected chi connectivity index (χ0v) is 14.0. The van der Waals surface area contributed by atoms with E-state index < -0.39 is 18.4 Å². The van der Waals surface area contributed by atoms with Crippen LogP contribution >= 0.6 is 0 Å². The Kier molecular flexibility index (Phi) is 4.95. The number of rotatable bonds is 6. The second-order valence-corrected chi connectivity index (χ2v) is 5.91. The van der Waals surface area contributed by atoms with E-state index in [2.05, 4.69) is 15.0 Å². The van der Waals surface area contributed by atoms with Crippen molar-refractivity contribution < 1.29 is 19.3 Å². The van der Waals surface area contributed by atoms with Crippen LogP contribution in [0.5, 0.6) is 0 Å². The van der Waals surface area contributed by atoms with E-state index in [1.807, 2.05) is 13.8 Å². The second-order valence-electron chi connectivity index (χ2n) is 5.91. The minimum atomic E-state index is -0.882. The van der Waals surface area contributed by atoms with Gasteiger partial charge in [0.05, 0.1) is 19.0 Å². The number of nitrogens with zero attached hydrogens (tertiary/aromatic N) is 4. The number of anilines is 1. The summed E-state index contributed by atoms with van der Waals surface area (Å²) in [4.78, 5) is 12.3. The number of methoxy groups -OCH3 is 1. The lowest BCUT2D eigenvalue weighted by atomic mass is 10.1. The molecule has 24 heavy (non-hydrogen) atoms. The zero-order valence-electron chi connectivity index (χ0n) is 14.0. The minimum Gasteiger partial charge on any atom is -0.386 e. The van der Waals surface area contributed by atoms with Gasteiger partial charge in [-0.05, 0) is 13.3 Å². The number of hydrogen-bond acceptors (Lipinski definition) is 8. The summed E-state index contributed by atoms with van der Waals surface area (Å²) in [6.45, 7) is 4.31. The molecule has 132 valence electrons. The molecule has 1 aliphatic rings. The lowest BCUT2D eigenvalue weighted by Gasteiger charge is -2.24. The number of aliphatic hydroxyl groups is 1. The van der Waals surface area contributed by atoms with Gasteiger partial charge in [0.15, 0.2) is 17.7 Å². The van der Waals surface area contributed by atoms with Gasteiger partial charge in [0, 0.05) is 7.11 Å². The van der Waals surface area contributed by atoms with Crippen LogP contribution in [0.25, 0.3) is 11.2 Å². The molecule has 3 rings (SSSR count). The van der Waals surface area contributed by atoms with E-state index in [4.69, 9.17) is 19.9 Å². The van der Waals surface area contributed by atoms with Gasteiger partial charge in [0.1, 0.15) is 30.2 Å². The number of imidazole rings is 1. The number of nitrogens with two attached hydrogens (primary N) is 1. The van der Waals surface area contributed by atoms with Crippen molar-refractivity contribution in [1.82, 2.24) is 19.5 Å². The third-order valence-corrected chi connectivity index (χ3v) is 4.27. The molecule has 3 heterocycles. The van der Waals surface area contributed by atoms with Gasteiger partial charge in [0.25, 0.3) is 0 Å². The van der Waals surface area contributed by atoms with Crippen LogP contribution in [0.3, 0.4) is 0 Å². The number of hydrogen-bond donors (Lipinski definition) is 2. The molecule has 2 aromatic heterocycles. The van der Waals surface area contributed by atoms with Crippen molar-refractivity contribution in [2.75, 3.05) is 19.5 Å². The van der Waals surface area contributed by atoms with E-state index in [9.17, 15) is 5.11 Å². The van der Waals surface area contributed by atoms with Crippen molar-refractivity contribution >= 4 is 17.0 Å². The fourth-order valence-electron chi connectivity index (χ4n) is 2.84. The van der Waals surface area contributed by atoms with E-state index in [0.29, 0.717) is 17.8 Å². The summed E-state index contributed by atoms with van der Waals surface area (Å²) < 4.78 is 18.8.